The van der Waals surface area contributed by atoms with Crippen molar-refractivity contribution in [2.45, 2.75) is 31.7 Å². The van der Waals surface area contributed by atoms with Gasteiger partial charge in [0.1, 0.15) is 6.54 Å². The molecule has 0 fully saturated rings. The molecule has 1 aromatic carbocycles. The fraction of sp³-hybridized carbons (Fsp3) is 0.462. The van der Waals surface area contributed by atoms with Gasteiger partial charge in [-0.15, -0.1) is 0 Å². The number of esters is 1. The van der Waals surface area contributed by atoms with Crippen LogP contribution in [0.3, 0.4) is 0 Å². The zero-order valence-electron chi connectivity index (χ0n) is 11.8. The summed E-state index contributed by atoms with van der Waals surface area (Å²) in [5.74, 6) is -0.356. The first-order chi connectivity index (χ1) is 9.35. The standard InChI is InChI=1S/C13H20N2O4S/c1-4-19-13(16)9-14-11-5-7-12(8-6-11)20(17,18)15-10(2)3/h5-8,10,14-15H,4,9H2,1-3H3. The van der Waals surface area contributed by atoms with Crippen molar-refractivity contribution in [2.24, 2.45) is 0 Å². The third-order valence-electron chi connectivity index (χ3n) is 2.30. The van der Waals surface area contributed by atoms with E-state index >= 15 is 0 Å². The summed E-state index contributed by atoms with van der Waals surface area (Å²) < 4.78 is 31.1. The Morgan fingerprint density at radius 3 is 2.35 bits per heavy atom. The molecule has 2 N–H and O–H groups in total. The predicted octanol–water partition coefficient (Wildman–Crippen LogP) is 1.35. The zero-order chi connectivity index (χ0) is 15.2. The molecule has 0 amide bonds. The maximum absolute atomic E-state index is 11.9. The van der Waals surface area contributed by atoms with Crippen molar-refractivity contribution in [3.8, 4) is 0 Å². The summed E-state index contributed by atoms with van der Waals surface area (Å²) in [6.07, 6.45) is 0. The summed E-state index contributed by atoms with van der Waals surface area (Å²) in [6, 6.07) is 6.01. The molecule has 112 valence electrons. The second kappa shape index (κ2) is 7.25. The van der Waals surface area contributed by atoms with Crippen LogP contribution in [-0.2, 0) is 19.6 Å². The van der Waals surface area contributed by atoms with E-state index in [1.54, 1.807) is 32.9 Å². The minimum absolute atomic E-state index is 0.0458. The minimum atomic E-state index is -3.49. The first-order valence-electron chi connectivity index (χ1n) is 6.37. The SMILES string of the molecule is CCOC(=O)CNc1ccc(S(=O)(=O)NC(C)C)cc1. The molecule has 0 radical (unpaired) electrons. The number of hydrogen-bond donors (Lipinski definition) is 2. The highest BCUT2D eigenvalue weighted by Gasteiger charge is 2.14. The molecular formula is C13H20N2O4S. The van der Waals surface area contributed by atoms with Crippen LogP contribution >= 0.6 is 0 Å². The second-order valence-electron chi connectivity index (χ2n) is 4.46. The molecule has 7 heteroatoms. The van der Waals surface area contributed by atoms with Gasteiger partial charge in [0.15, 0.2) is 0 Å². The lowest BCUT2D eigenvalue weighted by Gasteiger charge is -2.10. The van der Waals surface area contributed by atoms with Crippen molar-refractivity contribution >= 4 is 21.7 Å². The lowest BCUT2D eigenvalue weighted by molar-refractivity contribution is -0.140. The van der Waals surface area contributed by atoms with E-state index < -0.39 is 10.0 Å². The Morgan fingerprint density at radius 2 is 1.85 bits per heavy atom. The van der Waals surface area contributed by atoms with Crippen LogP contribution in [0, 0.1) is 0 Å². The summed E-state index contributed by atoms with van der Waals surface area (Å²) in [7, 11) is -3.49. The van der Waals surface area contributed by atoms with Gasteiger partial charge in [-0.2, -0.15) is 0 Å². The predicted molar refractivity (Wildman–Crippen MR) is 77.0 cm³/mol. The minimum Gasteiger partial charge on any atom is -0.465 e. The van der Waals surface area contributed by atoms with Crippen LogP contribution in [0.5, 0.6) is 0 Å². The first-order valence-corrected chi connectivity index (χ1v) is 7.85. The van der Waals surface area contributed by atoms with Gasteiger partial charge in [0.2, 0.25) is 10.0 Å². The van der Waals surface area contributed by atoms with Crippen molar-refractivity contribution in [1.29, 1.82) is 0 Å². The van der Waals surface area contributed by atoms with Gasteiger partial charge in [-0.05, 0) is 45.0 Å². The number of nitrogens with one attached hydrogen (secondary N) is 2. The Hall–Kier alpha value is -1.60. The molecule has 6 nitrogen and oxygen atoms in total. The Labute approximate surface area is 119 Å². The Bertz CT molecular complexity index is 538. The van der Waals surface area contributed by atoms with Gasteiger partial charge >= 0.3 is 5.97 Å². The van der Waals surface area contributed by atoms with Crippen molar-refractivity contribution in [3.05, 3.63) is 24.3 Å². The Kier molecular flexibility index (Phi) is 5.97. The normalized spacial score (nSPS) is 11.4. The molecular weight excluding hydrogens is 280 g/mol. The van der Waals surface area contributed by atoms with Gasteiger partial charge < -0.3 is 10.1 Å². The average Bonchev–Trinajstić information content (AvgIpc) is 2.36. The molecule has 0 atom stereocenters. The molecule has 0 aliphatic carbocycles. The first kappa shape index (κ1) is 16.5. The lowest BCUT2D eigenvalue weighted by atomic mass is 10.3. The number of rotatable bonds is 7. The molecule has 0 saturated carbocycles. The van der Waals surface area contributed by atoms with Gasteiger partial charge in [0.25, 0.3) is 0 Å². The van der Waals surface area contributed by atoms with Crippen LogP contribution < -0.4 is 10.0 Å². The van der Waals surface area contributed by atoms with Crippen LogP contribution in [0.15, 0.2) is 29.2 Å². The van der Waals surface area contributed by atoms with E-state index in [0.717, 1.165) is 0 Å². The quantitative estimate of drug-likeness (QED) is 0.743. The van der Waals surface area contributed by atoms with Crippen LogP contribution in [0.4, 0.5) is 5.69 Å². The molecule has 0 spiro atoms. The number of benzene rings is 1. The summed E-state index contributed by atoms with van der Waals surface area (Å²) in [6.45, 7) is 5.63. The molecule has 0 aromatic heterocycles. The van der Waals surface area contributed by atoms with Crippen molar-refractivity contribution < 1.29 is 17.9 Å². The summed E-state index contributed by atoms with van der Waals surface area (Å²) in [5.41, 5.74) is 0.654. The fourth-order valence-corrected chi connectivity index (χ4v) is 2.77. The number of anilines is 1. The fourth-order valence-electron chi connectivity index (χ4n) is 1.52. The van der Waals surface area contributed by atoms with Crippen LogP contribution in [0.2, 0.25) is 0 Å². The third-order valence-corrected chi connectivity index (χ3v) is 3.97. The highest BCUT2D eigenvalue weighted by atomic mass is 32.2. The maximum Gasteiger partial charge on any atom is 0.325 e. The molecule has 0 unspecified atom stereocenters. The van der Waals surface area contributed by atoms with Gasteiger partial charge in [-0.25, -0.2) is 13.1 Å². The molecule has 0 bridgehead atoms. The van der Waals surface area contributed by atoms with Crippen molar-refractivity contribution in [2.75, 3.05) is 18.5 Å². The highest BCUT2D eigenvalue weighted by molar-refractivity contribution is 7.89. The van der Waals surface area contributed by atoms with E-state index in [1.807, 2.05) is 0 Å². The summed E-state index contributed by atoms with van der Waals surface area (Å²) >= 11 is 0. The number of sulfonamides is 1. The number of carbonyl (C=O) groups is 1. The number of hydrogen-bond acceptors (Lipinski definition) is 5. The van der Waals surface area contributed by atoms with E-state index in [1.165, 1.54) is 12.1 Å². The Morgan fingerprint density at radius 1 is 1.25 bits per heavy atom. The van der Waals surface area contributed by atoms with Gasteiger partial charge in [0.05, 0.1) is 11.5 Å². The average molecular weight is 300 g/mol. The zero-order valence-corrected chi connectivity index (χ0v) is 12.7. The van der Waals surface area contributed by atoms with Crippen LogP contribution in [0.25, 0.3) is 0 Å². The number of ether oxygens (including phenoxy) is 1. The van der Waals surface area contributed by atoms with Crippen LogP contribution in [0.1, 0.15) is 20.8 Å². The third kappa shape index (κ3) is 5.18. The number of carbonyl (C=O) groups excluding carboxylic acids is 1. The highest BCUT2D eigenvalue weighted by Crippen LogP contribution is 2.14. The molecule has 0 saturated heterocycles. The summed E-state index contributed by atoms with van der Waals surface area (Å²) in [5, 5.41) is 2.86. The van der Waals surface area contributed by atoms with Crippen molar-refractivity contribution in [3.63, 3.8) is 0 Å². The van der Waals surface area contributed by atoms with Gasteiger partial charge in [-0.3, -0.25) is 4.79 Å². The molecule has 1 aromatic rings. The molecule has 1 rings (SSSR count). The van der Waals surface area contributed by atoms with Gasteiger partial charge in [0, 0.05) is 11.7 Å². The summed E-state index contributed by atoms with van der Waals surface area (Å²) in [4.78, 5) is 11.4. The van der Waals surface area contributed by atoms with E-state index in [9.17, 15) is 13.2 Å². The van der Waals surface area contributed by atoms with E-state index in [2.05, 4.69) is 10.0 Å². The van der Waals surface area contributed by atoms with E-state index in [-0.39, 0.29) is 23.5 Å². The monoisotopic (exact) mass is 300 g/mol. The molecule has 0 aliphatic rings. The Balaban J connectivity index is 2.67. The van der Waals surface area contributed by atoms with E-state index in [4.69, 9.17) is 4.74 Å². The topological polar surface area (TPSA) is 84.5 Å². The van der Waals surface area contributed by atoms with Crippen LogP contribution in [-0.4, -0.2) is 33.6 Å². The largest absolute Gasteiger partial charge is 0.465 e. The molecule has 0 heterocycles. The molecule has 20 heavy (non-hydrogen) atoms. The second-order valence-corrected chi connectivity index (χ2v) is 6.17. The lowest BCUT2D eigenvalue weighted by Crippen LogP contribution is -2.30. The van der Waals surface area contributed by atoms with Gasteiger partial charge in [-0.1, -0.05) is 0 Å². The maximum atomic E-state index is 11.9. The van der Waals surface area contributed by atoms with Crippen molar-refractivity contribution in [1.82, 2.24) is 4.72 Å². The van der Waals surface area contributed by atoms with E-state index in [0.29, 0.717) is 12.3 Å². The molecule has 0 aliphatic heterocycles. The smallest absolute Gasteiger partial charge is 0.325 e.